The summed E-state index contributed by atoms with van der Waals surface area (Å²) in [5, 5.41) is 23.3. The van der Waals surface area contributed by atoms with Crippen LogP contribution in [0.15, 0.2) is 83.6 Å². The van der Waals surface area contributed by atoms with Crippen molar-refractivity contribution in [3.63, 3.8) is 0 Å². The molecule has 2 atom stereocenters. The third-order valence-electron chi connectivity index (χ3n) is 9.50. The normalized spacial score (nSPS) is 19.0. The average Bonchev–Trinajstić information content (AvgIpc) is 3.08. The molecule has 1 aliphatic carbocycles. The number of carbonyl (C=O) groups excluding carboxylic acids is 1. The molecule has 0 radical (unpaired) electrons. The standard InChI is InChI=1S/C39H50F2N8O2/c1-25-9-11-27(12-10-25)45-37(22-33(42)39(2,3)4)47-38(50)46-31-14-15-32(30-8-6-5-7-29(30)31)51-28-13-16-35(43)49(23-28)36(44)21-26-17-19-48(20-18-26)24-34(40)41/h5-13,16,22-23,26,31-32,34,43-44H,14-15,17-21,24,42H2,1-4H3,(H2,45,46,47,50)/t31-,32+/m0/s1. The van der Waals surface area contributed by atoms with Gasteiger partial charge in [-0.3, -0.25) is 25.6 Å². The highest BCUT2D eigenvalue weighted by Crippen LogP contribution is 2.38. The van der Waals surface area contributed by atoms with Gasteiger partial charge in [-0.15, -0.1) is 0 Å². The summed E-state index contributed by atoms with van der Waals surface area (Å²) < 4.78 is 33.6. The van der Waals surface area contributed by atoms with Crippen molar-refractivity contribution < 1.29 is 18.3 Å². The van der Waals surface area contributed by atoms with Gasteiger partial charge in [0.1, 0.15) is 29.0 Å². The van der Waals surface area contributed by atoms with Gasteiger partial charge in [-0.25, -0.2) is 18.6 Å². The second-order valence-electron chi connectivity index (χ2n) is 14.6. The van der Waals surface area contributed by atoms with Crippen LogP contribution >= 0.6 is 0 Å². The maximum atomic E-state index is 13.4. The number of pyridine rings is 1. The van der Waals surface area contributed by atoms with Crippen LogP contribution in [0.4, 0.5) is 19.3 Å². The van der Waals surface area contributed by atoms with E-state index in [0.29, 0.717) is 55.3 Å². The molecule has 6 N–H and O–H groups in total. The number of allylic oxidation sites excluding steroid dienone is 1. The minimum absolute atomic E-state index is 0.172. The number of aliphatic imine (C=N–C) groups is 1. The fourth-order valence-electron chi connectivity index (χ4n) is 6.43. The quantitative estimate of drug-likeness (QED) is 0.118. The Morgan fingerprint density at radius 1 is 1.04 bits per heavy atom. The highest BCUT2D eigenvalue weighted by atomic mass is 19.3. The number of alkyl halides is 2. The SMILES string of the molecule is Cc1ccc(N=C(C=C(N)C(C)(C)C)NC(=O)N[C@H]2CC[C@@H](Oc3ccc(=N)n(C(=N)CC4CCN(CC(F)F)CC4)c3)c3ccccc32)cc1. The van der Waals surface area contributed by atoms with Gasteiger partial charge in [-0.2, -0.15) is 0 Å². The molecule has 0 unspecified atom stereocenters. The first kappa shape index (κ1) is 37.4. The van der Waals surface area contributed by atoms with Crippen molar-refractivity contribution in [2.45, 2.75) is 78.4 Å². The number of rotatable bonds is 9. The number of amides is 2. The van der Waals surface area contributed by atoms with Crippen molar-refractivity contribution in [1.82, 2.24) is 20.1 Å². The van der Waals surface area contributed by atoms with Crippen molar-refractivity contribution in [3.05, 3.63) is 101 Å². The molecule has 2 aromatic carbocycles. The van der Waals surface area contributed by atoms with Gasteiger partial charge < -0.3 is 15.8 Å². The number of ether oxygens (including phenoxy) is 1. The molecule has 272 valence electrons. The number of carbonyl (C=O) groups is 1. The number of fused-ring (bicyclic) bond motifs is 1. The summed E-state index contributed by atoms with van der Waals surface area (Å²) in [6.45, 7) is 8.97. The molecule has 3 aromatic rings. The highest BCUT2D eigenvalue weighted by Gasteiger charge is 2.30. The van der Waals surface area contributed by atoms with E-state index in [9.17, 15) is 13.6 Å². The molecular weight excluding hydrogens is 650 g/mol. The number of halogens is 2. The van der Waals surface area contributed by atoms with Gasteiger partial charge in [0, 0.05) is 23.6 Å². The highest BCUT2D eigenvalue weighted by molar-refractivity contribution is 6.05. The molecule has 0 saturated carbocycles. The number of likely N-dealkylation sites (tertiary alicyclic amines) is 1. The molecule has 5 rings (SSSR count). The van der Waals surface area contributed by atoms with Crippen LogP contribution in [0.25, 0.3) is 0 Å². The van der Waals surface area contributed by atoms with E-state index in [-0.39, 0.29) is 41.3 Å². The minimum Gasteiger partial charge on any atom is -0.484 e. The minimum atomic E-state index is -2.34. The molecule has 0 spiro atoms. The second kappa shape index (κ2) is 16.5. The number of aryl methyl sites for hydroxylation is 1. The maximum absolute atomic E-state index is 13.4. The first-order valence-corrected chi connectivity index (χ1v) is 17.6. The Morgan fingerprint density at radius 3 is 2.39 bits per heavy atom. The zero-order chi connectivity index (χ0) is 36.7. The average molecular weight is 701 g/mol. The van der Waals surface area contributed by atoms with Crippen LogP contribution in [-0.4, -0.2) is 53.2 Å². The van der Waals surface area contributed by atoms with E-state index in [1.165, 1.54) is 4.57 Å². The summed E-state index contributed by atoms with van der Waals surface area (Å²) >= 11 is 0. The Labute approximate surface area is 298 Å². The number of hydrogen-bond acceptors (Lipinski definition) is 7. The van der Waals surface area contributed by atoms with Gasteiger partial charge in [0.05, 0.1) is 24.5 Å². The Kier molecular flexibility index (Phi) is 12.1. The molecule has 1 fully saturated rings. The van der Waals surface area contributed by atoms with Crippen LogP contribution in [0.1, 0.15) is 81.7 Å². The third kappa shape index (κ3) is 10.3. The molecule has 2 heterocycles. The Morgan fingerprint density at radius 2 is 1.73 bits per heavy atom. The van der Waals surface area contributed by atoms with E-state index in [2.05, 4.69) is 15.6 Å². The first-order valence-electron chi connectivity index (χ1n) is 17.6. The molecule has 1 aliphatic heterocycles. The number of benzene rings is 2. The van der Waals surface area contributed by atoms with Crippen molar-refractivity contribution >= 4 is 23.4 Å². The number of piperidine rings is 1. The number of nitrogens with one attached hydrogen (secondary N) is 4. The molecule has 10 nitrogen and oxygen atoms in total. The second-order valence-corrected chi connectivity index (χ2v) is 14.6. The lowest BCUT2D eigenvalue weighted by atomic mass is 9.85. The third-order valence-corrected chi connectivity index (χ3v) is 9.50. The topological polar surface area (TPSA) is 145 Å². The van der Waals surface area contributed by atoms with Crippen LogP contribution < -0.4 is 26.6 Å². The van der Waals surface area contributed by atoms with E-state index in [1.54, 1.807) is 29.3 Å². The first-order chi connectivity index (χ1) is 24.2. The summed E-state index contributed by atoms with van der Waals surface area (Å²) in [5.41, 5.74) is 10.5. The van der Waals surface area contributed by atoms with Gasteiger partial charge in [-0.1, -0.05) is 62.7 Å². The van der Waals surface area contributed by atoms with E-state index in [0.717, 1.165) is 29.5 Å². The van der Waals surface area contributed by atoms with E-state index < -0.39 is 12.5 Å². The lowest BCUT2D eigenvalue weighted by Crippen LogP contribution is -2.42. The Bertz CT molecular complexity index is 1800. The zero-order valence-corrected chi connectivity index (χ0v) is 29.9. The summed E-state index contributed by atoms with van der Waals surface area (Å²) in [5.74, 6) is 1.35. The van der Waals surface area contributed by atoms with Crippen molar-refractivity contribution in [1.29, 1.82) is 10.8 Å². The van der Waals surface area contributed by atoms with Crippen molar-refractivity contribution in [2.24, 2.45) is 22.1 Å². The maximum Gasteiger partial charge on any atom is 0.320 e. The van der Waals surface area contributed by atoms with Gasteiger partial charge in [0.25, 0.3) is 6.43 Å². The Balaban J connectivity index is 1.26. The molecule has 12 heteroatoms. The summed E-state index contributed by atoms with van der Waals surface area (Å²) in [6.07, 6.45) is 3.94. The molecule has 2 amide bonds. The van der Waals surface area contributed by atoms with Crippen LogP contribution in [0, 0.1) is 29.1 Å². The monoisotopic (exact) mass is 700 g/mol. The van der Waals surface area contributed by atoms with Crippen molar-refractivity contribution in [2.75, 3.05) is 19.6 Å². The fraction of sp³-hybridized carbons (Fsp3) is 0.436. The number of amidine groups is 1. The number of hydrogen-bond donors (Lipinski definition) is 5. The number of aromatic nitrogens is 1. The lowest BCUT2D eigenvalue weighted by molar-refractivity contribution is 0.0697. The van der Waals surface area contributed by atoms with E-state index >= 15 is 0 Å². The molecule has 51 heavy (non-hydrogen) atoms. The largest absolute Gasteiger partial charge is 0.484 e. The number of nitrogens with zero attached hydrogens (tertiary/aromatic N) is 3. The summed E-state index contributed by atoms with van der Waals surface area (Å²) in [6, 6.07) is 18.3. The van der Waals surface area contributed by atoms with Crippen LogP contribution in [-0.2, 0) is 0 Å². The van der Waals surface area contributed by atoms with Gasteiger partial charge in [0.15, 0.2) is 0 Å². The zero-order valence-electron chi connectivity index (χ0n) is 29.9. The molecule has 2 aliphatic rings. The van der Waals surface area contributed by atoms with E-state index in [1.807, 2.05) is 76.2 Å². The smallest absolute Gasteiger partial charge is 0.320 e. The molecule has 0 bridgehead atoms. The number of urea groups is 1. The van der Waals surface area contributed by atoms with E-state index in [4.69, 9.17) is 21.3 Å². The molecule has 1 aromatic heterocycles. The summed E-state index contributed by atoms with van der Waals surface area (Å²) in [7, 11) is 0. The Hall–Kier alpha value is -4.84. The predicted octanol–water partition coefficient (Wildman–Crippen LogP) is 7.34. The number of nitrogens with two attached hydrogens (primary N) is 1. The fourth-order valence-corrected chi connectivity index (χ4v) is 6.43. The summed E-state index contributed by atoms with van der Waals surface area (Å²) in [4.78, 5) is 19.9. The molecular formula is C39H50F2N8O2. The van der Waals surface area contributed by atoms with Gasteiger partial charge in [0.2, 0.25) is 0 Å². The van der Waals surface area contributed by atoms with Crippen LogP contribution in [0.3, 0.4) is 0 Å². The van der Waals surface area contributed by atoms with Crippen molar-refractivity contribution in [3.8, 4) is 5.75 Å². The predicted molar refractivity (Wildman–Crippen MR) is 197 cm³/mol. The lowest BCUT2D eigenvalue weighted by Gasteiger charge is -2.32. The van der Waals surface area contributed by atoms with Gasteiger partial charge >= 0.3 is 6.03 Å². The van der Waals surface area contributed by atoms with Crippen LogP contribution in [0.2, 0.25) is 0 Å². The molecule has 1 saturated heterocycles. The van der Waals surface area contributed by atoms with Crippen LogP contribution in [0.5, 0.6) is 5.75 Å². The van der Waals surface area contributed by atoms with Gasteiger partial charge in [-0.05, 0) is 87.0 Å².